The second-order valence-electron chi connectivity index (χ2n) is 7.55. The predicted molar refractivity (Wildman–Crippen MR) is 102 cm³/mol. The molecule has 2 heterocycles. The lowest BCUT2D eigenvalue weighted by Gasteiger charge is -2.33. The van der Waals surface area contributed by atoms with Crippen LogP contribution in [0.25, 0.3) is 0 Å². The Morgan fingerprint density at radius 1 is 1.30 bits per heavy atom. The first kappa shape index (κ1) is 19.8. The number of benzene rings is 1. The van der Waals surface area contributed by atoms with Crippen molar-refractivity contribution in [3.05, 3.63) is 29.3 Å². The van der Waals surface area contributed by atoms with Gasteiger partial charge in [0.15, 0.2) is 0 Å². The Labute approximate surface area is 160 Å². The molecule has 0 radical (unpaired) electrons. The predicted octanol–water partition coefficient (Wildman–Crippen LogP) is 1.84. The molecule has 0 saturated carbocycles. The van der Waals surface area contributed by atoms with Crippen LogP contribution >= 0.6 is 0 Å². The molecule has 1 atom stereocenters. The number of piperidine rings is 1. The van der Waals surface area contributed by atoms with Gasteiger partial charge in [-0.15, -0.1) is 0 Å². The molecular weight excluding hydrogens is 366 g/mol. The Kier molecular flexibility index (Phi) is 5.58. The molecule has 148 valence electrons. The molecule has 0 spiro atoms. The van der Waals surface area contributed by atoms with E-state index >= 15 is 0 Å². The fourth-order valence-corrected chi connectivity index (χ4v) is 5.60. The number of fused-ring (bicyclic) bond motifs is 1. The van der Waals surface area contributed by atoms with Crippen molar-refractivity contribution in [2.45, 2.75) is 57.0 Å². The average molecular weight is 394 g/mol. The van der Waals surface area contributed by atoms with Crippen LogP contribution in [0.5, 0.6) is 0 Å². The van der Waals surface area contributed by atoms with Gasteiger partial charge in [-0.25, -0.2) is 12.7 Å². The van der Waals surface area contributed by atoms with Crippen molar-refractivity contribution in [1.29, 1.82) is 0 Å². The molecule has 27 heavy (non-hydrogen) atoms. The maximum Gasteiger partial charge on any atom is 0.269 e. The Hall–Kier alpha value is -1.93. The van der Waals surface area contributed by atoms with E-state index in [-0.39, 0.29) is 21.9 Å². The SMILES string of the molecule is CC1CCCCN1CCNC(=O)c1ccc2c(c1)S(=O)(=O)N(C(C)C)C2=O. The van der Waals surface area contributed by atoms with Crippen LogP contribution in [0.3, 0.4) is 0 Å². The normalized spacial score (nSPS) is 22.1. The minimum absolute atomic E-state index is 0.0847. The third kappa shape index (κ3) is 3.73. The molecular formula is C19H27N3O4S. The van der Waals surface area contributed by atoms with Gasteiger partial charge in [-0.3, -0.25) is 14.5 Å². The Morgan fingerprint density at radius 2 is 2.04 bits per heavy atom. The van der Waals surface area contributed by atoms with Crippen molar-refractivity contribution in [3.8, 4) is 0 Å². The quantitative estimate of drug-likeness (QED) is 0.825. The van der Waals surface area contributed by atoms with E-state index in [9.17, 15) is 18.0 Å². The van der Waals surface area contributed by atoms with Crippen LogP contribution in [-0.2, 0) is 10.0 Å². The second-order valence-corrected chi connectivity index (χ2v) is 9.33. The lowest BCUT2D eigenvalue weighted by molar-refractivity contribution is 0.0845. The van der Waals surface area contributed by atoms with Crippen LogP contribution in [0.15, 0.2) is 23.1 Å². The number of sulfonamides is 1. The highest BCUT2D eigenvalue weighted by atomic mass is 32.2. The maximum absolute atomic E-state index is 12.6. The zero-order valence-corrected chi connectivity index (χ0v) is 16.9. The summed E-state index contributed by atoms with van der Waals surface area (Å²) in [5.74, 6) is -0.862. The highest BCUT2D eigenvalue weighted by molar-refractivity contribution is 7.90. The van der Waals surface area contributed by atoms with Gasteiger partial charge in [-0.2, -0.15) is 0 Å². The highest BCUT2D eigenvalue weighted by Crippen LogP contribution is 2.32. The van der Waals surface area contributed by atoms with Gasteiger partial charge in [0.2, 0.25) is 0 Å². The Balaban J connectivity index is 1.70. The summed E-state index contributed by atoms with van der Waals surface area (Å²) in [7, 11) is -3.90. The van der Waals surface area contributed by atoms with E-state index in [1.807, 2.05) is 0 Å². The first-order chi connectivity index (χ1) is 12.7. The zero-order valence-electron chi connectivity index (χ0n) is 16.1. The number of nitrogens with one attached hydrogen (secondary N) is 1. The van der Waals surface area contributed by atoms with E-state index in [1.54, 1.807) is 13.8 Å². The summed E-state index contributed by atoms with van der Waals surface area (Å²) in [5, 5.41) is 2.86. The average Bonchev–Trinajstić information content (AvgIpc) is 2.82. The number of nitrogens with zero attached hydrogens (tertiary/aromatic N) is 2. The molecule has 1 fully saturated rings. The molecule has 1 unspecified atom stereocenters. The molecule has 8 heteroatoms. The number of hydrogen-bond donors (Lipinski definition) is 1. The summed E-state index contributed by atoms with van der Waals surface area (Å²) < 4.78 is 26.1. The van der Waals surface area contributed by atoms with E-state index in [4.69, 9.17) is 0 Å². The molecule has 0 aliphatic carbocycles. The first-order valence-corrected chi connectivity index (χ1v) is 10.9. The van der Waals surface area contributed by atoms with Crippen molar-refractivity contribution in [3.63, 3.8) is 0 Å². The molecule has 2 aliphatic heterocycles. The third-order valence-electron chi connectivity index (χ3n) is 5.31. The van der Waals surface area contributed by atoms with Gasteiger partial charge in [-0.1, -0.05) is 6.42 Å². The molecule has 0 bridgehead atoms. The third-order valence-corrected chi connectivity index (χ3v) is 7.30. The standard InChI is InChI=1S/C19H27N3O4S/c1-13(2)22-19(24)16-8-7-15(12-17(16)27(22,25)26)18(23)20-9-11-21-10-5-4-6-14(21)3/h7-8,12-14H,4-6,9-11H2,1-3H3,(H,20,23). The van der Waals surface area contributed by atoms with Gasteiger partial charge in [0, 0.05) is 30.7 Å². The smallest absolute Gasteiger partial charge is 0.269 e. The first-order valence-electron chi connectivity index (χ1n) is 9.48. The van der Waals surface area contributed by atoms with Crippen molar-refractivity contribution < 1.29 is 18.0 Å². The molecule has 0 aromatic heterocycles. The van der Waals surface area contributed by atoms with Gasteiger partial charge in [0.05, 0.1) is 5.56 Å². The van der Waals surface area contributed by atoms with Crippen LogP contribution in [0.4, 0.5) is 0 Å². The van der Waals surface area contributed by atoms with Gasteiger partial charge >= 0.3 is 0 Å². The summed E-state index contributed by atoms with van der Waals surface area (Å²) in [5.41, 5.74) is 0.379. The van der Waals surface area contributed by atoms with E-state index in [2.05, 4.69) is 17.1 Å². The van der Waals surface area contributed by atoms with Crippen molar-refractivity contribution in [2.75, 3.05) is 19.6 Å². The topological polar surface area (TPSA) is 86.8 Å². The summed E-state index contributed by atoms with van der Waals surface area (Å²) in [6.45, 7) is 7.82. The van der Waals surface area contributed by atoms with Crippen LogP contribution < -0.4 is 5.32 Å². The molecule has 1 saturated heterocycles. The molecule has 1 aromatic rings. The van der Waals surface area contributed by atoms with Crippen LogP contribution in [0, 0.1) is 0 Å². The monoisotopic (exact) mass is 393 g/mol. The van der Waals surface area contributed by atoms with Crippen molar-refractivity contribution in [2.24, 2.45) is 0 Å². The molecule has 1 aromatic carbocycles. The summed E-state index contributed by atoms with van der Waals surface area (Å²) in [4.78, 5) is 27.1. The summed E-state index contributed by atoms with van der Waals surface area (Å²) in [6.07, 6.45) is 3.61. The van der Waals surface area contributed by atoms with E-state index in [0.717, 1.165) is 17.4 Å². The number of carbonyl (C=O) groups excluding carboxylic acids is 2. The lowest BCUT2D eigenvalue weighted by atomic mass is 10.0. The summed E-state index contributed by atoms with van der Waals surface area (Å²) in [6, 6.07) is 4.30. The van der Waals surface area contributed by atoms with Gasteiger partial charge in [-0.05, 0) is 58.4 Å². The molecule has 2 amide bonds. The number of rotatable bonds is 5. The number of amides is 2. The lowest BCUT2D eigenvalue weighted by Crippen LogP contribution is -2.42. The van der Waals surface area contributed by atoms with E-state index in [0.29, 0.717) is 12.6 Å². The molecule has 2 aliphatic rings. The fourth-order valence-electron chi connectivity index (χ4n) is 3.80. The van der Waals surface area contributed by atoms with E-state index in [1.165, 1.54) is 37.5 Å². The van der Waals surface area contributed by atoms with Gasteiger partial charge in [0.25, 0.3) is 21.8 Å². The van der Waals surface area contributed by atoms with Crippen LogP contribution in [-0.4, -0.2) is 61.2 Å². The largest absolute Gasteiger partial charge is 0.351 e. The summed E-state index contributed by atoms with van der Waals surface area (Å²) >= 11 is 0. The molecule has 1 N–H and O–H groups in total. The van der Waals surface area contributed by atoms with Crippen LogP contribution in [0.1, 0.15) is 60.7 Å². The number of hydrogen-bond acceptors (Lipinski definition) is 5. The number of likely N-dealkylation sites (tertiary alicyclic amines) is 1. The number of carbonyl (C=O) groups is 2. The Morgan fingerprint density at radius 3 is 2.70 bits per heavy atom. The second kappa shape index (κ2) is 7.59. The Bertz CT molecular complexity index is 851. The molecule has 3 rings (SSSR count). The molecule has 7 nitrogen and oxygen atoms in total. The highest BCUT2D eigenvalue weighted by Gasteiger charge is 2.42. The zero-order chi connectivity index (χ0) is 19.8. The maximum atomic E-state index is 12.6. The van der Waals surface area contributed by atoms with Crippen molar-refractivity contribution in [1.82, 2.24) is 14.5 Å². The van der Waals surface area contributed by atoms with Crippen molar-refractivity contribution >= 4 is 21.8 Å². The minimum Gasteiger partial charge on any atom is -0.351 e. The van der Waals surface area contributed by atoms with Crippen LogP contribution in [0.2, 0.25) is 0 Å². The van der Waals surface area contributed by atoms with Gasteiger partial charge < -0.3 is 5.32 Å². The van der Waals surface area contributed by atoms with E-state index < -0.39 is 22.0 Å². The minimum atomic E-state index is -3.90. The van der Waals surface area contributed by atoms with Gasteiger partial charge in [0.1, 0.15) is 4.90 Å². The fraction of sp³-hybridized carbons (Fsp3) is 0.579.